The van der Waals surface area contributed by atoms with Crippen molar-refractivity contribution in [2.24, 2.45) is 0 Å². The van der Waals surface area contributed by atoms with Crippen molar-refractivity contribution in [2.75, 3.05) is 50.1 Å². The Bertz CT molecular complexity index is 1730. The van der Waals surface area contributed by atoms with Gasteiger partial charge in [0.2, 0.25) is 11.9 Å². The Labute approximate surface area is 249 Å². The normalized spacial score (nSPS) is 20.5. The van der Waals surface area contributed by atoms with Crippen LogP contribution in [0.15, 0.2) is 37.1 Å². The maximum absolute atomic E-state index is 16.9. The first-order valence-corrected chi connectivity index (χ1v) is 14.6. The third-order valence-electron chi connectivity index (χ3n) is 9.07. The molecule has 42 heavy (non-hydrogen) atoms. The number of anilines is 2. The number of likely N-dealkylation sites (N-methyl/N-ethyl adjacent to an activating group) is 1. The molecule has 2 aromatic carbocycles. The highest BCUT2D eigenvalue weighted by molar-refractivity contribution is 6.35. The minimum atomic E-state index is -0.490. The monoisotopic (exact) mass is 590 g/mol. The summed E-state index contributed by atoms with van der Waals surface area (Å²) in [5, 5.41) is 8.77. The molecule has 0 bridgehead atoms. The molecule has 9 nitrogen and oxygen atoms in total. The number of carbonyl (C=O) groups is 1. The summed E-state index contributed by atoms with van der Waals surface area (Å²) in [4.78, 5) is 30.7. The lowest BCUT2D eigenvalue weighted by Gasteiger charge is -2.52. The topological polar surface area (TPSA) is 84.5 Å². The number of fused-ring (bicyclic) bond motifs is 2. The van der Waals surface area contributed by atoms with Gasteiger partial charge >= 0.3 is 0 Å². The van der Waals surface area contributed by atoms with Gasteiger partial charge in [0, 0.05) is 60.2 Å². The van der Waals surface area contributed by atoms with E-state index in [4.69, 9.17) is 21.6 Å². The number of benzene rings is 2. The minimum absolute atomic E-state index is 0.0330. The summed E-state index contributed by atoms with van der Waals surface area (Å²) < 4.78 is 16.9. The lowest BCUT2D eigenvalue weighted by Crippen LogP contribution is -2.67. The Balaban J connectivity index is 1.55. The number of aryl methyl sites for hydroxylation is 1. The van der Waals surface area contributed by atoms with Crippen LogP contribution in [0.5, 0.6) is 0 Å². The number of amides is 1. The van der Waals surface area contributed by atoms with Gasteiger partial charge in [0.1, 0.15) is 11.3 Å². The smallest absolute Gasteiger partial charge is 0.246 e. The van der Waals surface area contributed by atoms with E-state index in [1.165, 1.54) is 6.08 Å². The van der Waals surface area contributed by atoms with Crippen LogP contribution in [-0.2, 0) is 4.79 Å². The van der Waals surface area contributed by atoms with Crippen molar-refractivity contribution in [1.82, 2.24) is 30.0 Å². The van der Waals surface area contributed by atoms with Gasteiger partial charge in [-0.1, -0.05) is 24.2 Å². The number of halogens is 2. The second-order valence-electron chi connectivity index (χ2n) is 12.2. The van der Waals surface area contributed by atoms with E-state index in [0.29, 0.717) is 54.5 Å². The Morgan fingerprint density at radius 3 is 2.60 bits per heavy atom. The SMILES string of the molecule is C=CC(=O)N1C[C@H](C)N(c2nc(N3CC(C)(N(C)C)C3)nc3c(F)c(-c4c(C)ccc5[nH]ncc45)c(Cl)cc23)C[C@H]1C. The van der Waals surface area contributed by atoms with E-state index in [-0.39, 0.29) is 34.1 Å². The fourth-order valence-corrected chi connectivity index (χ4v) is 6.55. The first-order chi connectivity index (χ1) is 19.9. The number of H-pyrrole nitrogens is 1. The summed E-state index contributed by atoms with van der Waals surface area (Å²) >= 11 is 6.93. The summed E-state index contributed by atoms with van der Waals surface area (Å²) in [6, 6.07) is 5.47. The number of piperazine rings is 1. The van der Waals surface area contributed by atoms with Gasteiger partial charge in [0.25, 0.3) is 0 Å². The summed E-state index contributed by atoms with van der Waals surface area (Å²) in [5.74, 6) is 0.500. The molecule has 2 saturated heterocycles. The molecule has 0 spiro atoms. The highest BCUT2D eigenvalue weighted by Gasteiger charge is 2.43. The molecule has 4 heterocycles. The molecule has 2 fully saturated rings. The summed E-state index contributed by atoms with van der Waals surface area (Å²) in [5.41, 5.74) is 2.86. The molecule has 0 radical (unpaired) electrons. The number of rotatable bonds is 5. The molecule has 11 heteroatoms. The van der Waals surface area contributed by atoms with E-state index in [9.17, 15) is 4.79 Å². The standard InChI is InChI=1S/C31H36ClFN8O/c1-8-24(42)40-13-19(4)41(14-18(40)3)29-20-11-22(32)26(25-17(2)9-10-23-21(25)12-34-37-23)27(33)28(20)35-30(36-29)39-15-31(5,16-39)38(6)7/h8-12,18-19H,1,13-16H2,2-7H3,(H,34,37)/t18-,19+/m1/s1. The number of aromatic nitrogens is 4. The summed E-state index contributed by atoms with van der Waals surface area (Å²) in [7, 11) is 4.12. The Kier molecular flexibility index (Phi) is 6.89. The molecule has 0 unspecified atom stereocenters. The van der Waals surface area contributed by atoms with Crippen LogP contribution in [0.3, 0.4) is 0 Å². The van der Waals surface area contributed by atoms with Gasteiger partial charge in [-0.05, 0) is 65.6 Å². The van der Waals surface area contributed by atoms with E-state index in [1.54, 1.807) is 12.3 Å². The molecule has 1 N–H and O–H groups in total. The maximum atomic E-state index is 16.9. The van der Waals surface area contributed by atoms with E-state index in [0.717, 1.165) is 16.5 Å². The second-order valence-corrected chi connectivity index (χ2v) is 12.6. The highest BCUT2D eigenvalue weighted by atomic mass is 35.5. The molecular formula is C31H36ClFN8O. The molecule has 1 amide bonds. The molecule has 2 aliphatic rings. The number of nitrogens with zero attached hydrogens (tertiary/aromatic N) is 7. The van der Waals surface area contributed by atoms with Crippen molar-refractivity contribution in [1.29, 1.82) is 0 Å². The van der Waals surface area contributed by atoms with Crippen LogP contribution in [0.4, 0.5) is 16.2 Å². The Morgan fingerprint density at radius 1 is 1.17 bits per heavy atom. The molecule has 2 atom stereocenters. The van der Waals surface area contributed by atoms with Crippen LogP contribution in [-0.4, -0.2) is 93.8 Å². The minimum Gasteiger partial charge on any atom is -0.349 e. The van der Waals surface area contributed by atoms with Gasteiger partial charge in [-0.25, -0.2) is 9.37 Å². The van der Waals surface area contributed by atoms with Gasteiger partial charge in [-0.15, -0.1) is 0 Å². The predicted octanol–water partition coefficient (Wildman–Crippen LogP) is 5.03. The van der Waals surface area contributed by atoms with Crippen molar-refractivity contribution in [3.63, 3.8) is 0 Å². The van der Waals surface area contributed by atoms with Crippen LogP contribution in [0, 0.1) is 12.7 Å². The van der Waals surface area contributed by atoms with Crippen molar-refractivity contribution in [3.05, 3.63) is 53.5 Å². The van der Waals surface area contributed by atoms with Crippen LogP contribution in [0.1, 0.15) is 26.3 Å². The molecule has 2 aliphatic heterocycles. The van der Waals surface area contributed by atoms with E-state index >= 15 is 4.39 Å². The zero-order chi connectivity index (χ0) is 30.1. The van der Waals surface area contributed by atoms with Crippen LogP contribution < -0.4 is 9.80 Å². The molecule has 0 saturated carbocycles. The van der Waals surface area contributed by atoms with Crippen molar-refractivity contribution < 1.29 is 9.18 Å². The van der Waals surface area contributed by atoms with Gasteiger partial charge in [0.05, 0.1) is 22.3 Å². The first kappa shape index (κ1) is 28.4. The number of hydrogen-bond donors (Lipinski definition) is 1. The molecule has 4 aromatic rings. The summed E-state index contributed by atoms with van der Waals surface area (Å²) in [6.07, 6.45) is 3.05. The lowest BCUT2D eigenvalue weighted by molar-refractivity contribution is -0.128. The lowest BCUT2D eigenvalue weighted by atomic mass is 9.91. The fourth-order valence-electron chi connectivity index (χ4n) is 6.26. The highest BCUT2D eigenvalue weighted by Crippen LogP contribution is 2.43. The van der Waals surface area contributed by atoms with Crippen LogP contribution in [0.2, 0.25) is 5.02 Å². The van der Waals surface area contributed by atoms with Crippen molar-refractivity contribution in [2.45, 2.75) is 45.3 Å². The number of hydrogen-bond acceptors (Lipinski definition) is 7. The zero-order valence-corrected chi connectivity index (χ0v) is 25.6. The van der Waals surface area contributed by atoms with Gasteiger partial charge in [0.15, 0.2) is 5.82 Å². The molecule has 6 rings (SSSR count). The van der Waals surface area contributed by atoms with Crippen molar-refractivity contribution >= 4 is 51.1 Å². The van der Waals surface area contributed by atoms with E-state index in [2.05, 4.69) is 52.5 Å². The third-order valence-corrected chi connectivity index (χ3v) is 9.37. The molecular weight excluding hydrogens is 555 g/mol. The third kappa shape index (κ3) is 4.39. The quantitative estimate of drug-likeness (QED) is 0.327. The Morgan fingerprint density at radius 2 is 1.90 bits per heavy atom. The maximum Gasteiger partial charge on any atom is 0.246 e. The number of carbonyl (C=O) groups excluding carboxylic acids is 1. The summed E-state index contributed by atoms with van der Waals surface area (Å²) in [6.45, 7) is 14.3. The van der Waals surface area contributed by atoms with E-state index in [1.807, 2.05) is 37.8 Å². The van der Waals surface area contributed by atoms with Gasteiger partial charge in [-0.3, -0.25) is 9.89 Å². The largest absolute Gasteiger partial charge is 0.349 e. The van der Waals surface area contributed by atoms with E-state index < -0.39 is 5.82 Å². The van der Waals surface area contributed by atoms with Gasteiger partial charge in [-0.2, -0.15) is 10.1 Å². The van der Waals surface area contributed by atoms with Crippen LogP contribution >= 0.6 is 11.6 Å². The molecule has 2 aromatic heterocycles. The van der Waals surface area contributed by atoms with Crippen LogP contribution in [0.25, 0.3) is 32.9 Å². The van der Waals surface area contributed by atoms with Gasteiger partial charge < -0.3 is 19.6 Å². The second kappa shape index (κ2) is 10.2. The molecule has 0 aliphatic carbocycles. The molecule has 220 valence electrons. The zero-order valence-electron chi connectivity index (χ0n) is 24.9. The predicted molar refractivity (Wildman–Crippen MR) is 167 cm³/mol. The fraction of sp³-hybridized carbons (Fsp3) is 0.419. The first-order valence-electron chi connectivity index (χ1n) is 14.2. The average molecular weight is 591 g/mol. The van der Waals surface area contributed by atoms with Crippen molar-refractivity contribution in [3.8, 4) is 11.1 Å². The number of aromatic amines is 1. The average Bonchev–Trinajstić information content (AvgIpc) is 3.41. The Hall–Kier alpha value is -3.76. The number of nitrogens with one attached hydrogen (secondary N) is 1.